The average Bonchev–Trinajstić information content (AvgIpc) is 3.18. The van der Waals surface area contributed by atoms with E-state index in [1.54, 1.807) is 0 Å². The van der Waals surface area contributed by atoms with E-state index in [4.69, 9.17) is 21.3 Å². The number of nitrogens with one attached hydrogen (secondary N) is 2. The van der Waals surface area contributed by atoms with E-state index in [1.807, 2.05) is 6.20 Å². The predicted molar refractivity (Wildman–Crippen MR) is 131 cm³/mol. The molecule has 172 valence electrons. The SMILES string of the molecule is CCc1cc2c(cn1)OC(Cc1c(Cl)nc(NCC(C)C)nc1N[C@H]1CCC(C)C1)=CC2. The topological polar surface area (TPSA) is 72.0 Å². The highest BCUT2D eigenvalue weighted by molar-refractivity contribution is 6.30. The summed E-state index contributed by atoms with van der Waals surface area (Å²) < 4.78 is 6.18. The van der Waals surface area contributed by atoms with E-state index in [1.165, 1.54) is 12.0 Å². The molecule has 1 aliphatic carbocycles. The van der Waals surface area contributed by atoms with E-state index in [-0.39, 0.29) is 0 Å². The fourth-order valence-electron chi connectivity index (χ4n) is 4.31. The second-order valence-electron chi connectivity index (χ2n) is 9.49. The number of halogens is 1. The summed E-state index contributed by atoms with van der Waals surface area (Å²) in [6.45, 7) is 9.53. The van der Waals surface area contributed by atoms with Gasteiger partial charge in [-0.1, -0.05) is 39.3 Å². The minimum absolute atomic E-state index is 0.409. The monoisotopic (exact) mass is 455 g/mol. The van der Waals surface area contributed by atoms with Crippen LogP contribution in [0.3, 0.4) is 0 Å². The summed E-state index contributed by atoms with van der Waals surface area (Å²) in [5, 5.41) is 7.44. The van der Waals surface area contributed by atoms with E-state index in [0.717, 1.165) is 66.7 Å². The molecule has 1 unspecified atom stereocenters. The maximum Gasteiger partial charge on any atom is 0.226 e. The first-order valence-electron chi connectivity index (χ1n) is 11.8. The van der Waals surface area contributed by atoms with Crippen LogP contribution in [0.5, 0.6) is 5.75 Å². The third-order valence-electron chi connectivity index (χ3n) is 6.17. The summed E-state index contributed by atoms with van der Waals surface area (Å²) >= 11 is 6.70. The number of ether oxygens (including phenoxy) is 1. The molecule has 6 nitrogen and oxygen atoms in total. The Hall–Kier alpha value is -2.34. The second-order valence-corrected chi connectivity index (χ2v) is 9.85. The molecule has 1 fully saturated rings. The van der Waals surface area contributed by atoms with Gasteiger partial charge in [0, 0.05) is 35.8 Å². The summed E-state index contributed by atoms with van der Waals surface area (Å²) in [5.41, 5.74) is 3.14. The normalized spacial score (nSPS) is 20.0. The third kappa shape index (κ3) is 5.52. The Balaban J connectivity index is 1.57. The second kappa shape index (κ2) is 10.1. The zero-order chi connectivity index (χ0) is 22.7. The number of pyridine rings is 1. The van der Waals surface area contributed by atoms with Crippen molar-refractivity contribution in [1.82, 2.24) is 15.0 Å². The number of anilines is 2. The molecule has 0 saturated heterocycles. The van der Waals surface area contributed by atoms with Crippen LogP contribution in [-0.4, -0.2) is 27.5 Å². The van der Waals surface area contributed by atoms with Gasteiger partial charge in [-0.3, -0.25) is 4.98 Å². The molecule has 0 bridgehead atoms. The maximum atomic E-state index is 6.70. The Labute approximate surface area is 196 Å². The van der Waals surface area contributed by atoms with Gasteiger partial charge >= 0.3 is 0 Å². The zero-order valence-electron chi connectivity index (χ0n) is 19.5. The average molecular weight is 456 g/mol. The molecule has 4 rings (SSSR count). The first kappa shape index (κ1) is 22.8. The summed E-state index contributed by atoms with van der Waals surface area (Å²) in [5.74, 6) is 4.29. The van der Waals surface area contributed by atoms with Gasteiger partial charge in [0.2, 0.25) is 5.95 Å². The van der Waals surface area contributed by atoms with Crippen LogP contribution in [0.4, 0.5) is 11.8 Å². The van der Waals surface area contributed by atoms with Crippen molar-refractivity contribution in [3.63, 3.8) is 0 Å². The Morgan fingerprint density at radius 2 is 2.09 bits per heavy atom. The van der Waals surface area contributed by atoms with Gasteiger partial charge < -0.3 is 15.4 Å². The first-order chi connectivity index (χ1) is 15.4. The molecular weight excluding hydrogens is 422 g/mol. The first-order valence-corrected chi connectivity index (χ1v) is 12.2. The molecule has 0 radical (unpaired) electrons. The van der Waals surface area contributed by atoms with E-state index >= 15 is 0 Å². The van der Waals surface area contributed by atoms with Crippen molar-refractivity contribution in [3.05, 3.63) is 46.1 Å². The largest absolute Gasteiger partial charge is 0.460 e. The van der Waals surface area contributed by atoms with Crippen molar-refractivity contribution in [2.24, 2.45) is 11.8 Å². The number of nitrogens with zero attached hydrogens (tertiary/aromatic N) is 3. The lowest BCUT2D eigenvalue weighted by atomic mass is 10.1. The quantitative estimate of drug-likeness (QED) is 0.489. The Morgan fingerprint density at radius 3 is 2.81 bits per heavy atom. The number of hydrogen-bond donors (Lipinski definition) is 2. The minimum Gasteiger partial charge on any atom is -0.460 e. The van der Waals surface area contributed by atoms with E-state index in [0.29, 0.717) is 29.5 Å². The van der Waals surface area contributed by atoms with Crippen LogP contribution < -0.4 is 15.4 Å². The van der Waals surface area contributed by atoms with Gasteiger partial charge in [0.05, 0.1) is 6.20 Å². The van der Waals surface area contributed by atoms with Crippen LogP contribution >= 0.6 is 11.6 Å². The van der Waals surface area contributed by atoms with Gasteiger partial charge in [-0.05, 0) is 56.1 Å². The fraction of sp³-hybridized carbons (Fsp3) is 0.560. The van der Waals surface area contributed by atoms with Crippen molar-refractivity contribution in [3.8, 4) is 5.75 Å². The van der Waals surface area contributed by atoms with Gasteiger partial charge in [0.1, 0.15) is 22.5 Å². The molecule has 2 atom stereocenters. The third-order valence-corrected chi connectivity index (χ3v) is 6.48. The van der Waals surface area contributed by atoms with Crippen LogP contribution in [0.1, 0.15) is 63.8 Å². The van der Waals surface area contributed by atoms with Crippen LogP contribution in [-0.2, 0) is 19.3 Å². The fourth-order valence-corrected chi connectivity index (χ4v) is 4.54. The highest BCUT2D eigenvalue weighted by Gasteiger charge is 2.25. The van der Waals surface area contributed by atoms with Crippen molar-refractivity contribution in [1.29, 1.82) is 0 Å². The molecule has 0 amide bonds. The number of aromatic nitrogens is 3. The molecule has 7 heteroatoms. The molecule has 3 heterocycles. The van der Waals surface area contributed by atoms with E-state index < -0.39 is 0 Å². The zero-order valence-corrected chi connectivity index (χ0v) is 20.3. The molecular formula is C25H34ClN5O. The summed E-state index contributed by atoms with van der Waals surface area (Å²) in [6.07, 6.45) is 9.79. The summed E-state index contributed by atoms with van der Waals surface area (Å²) in [6, 6.07) is 2.54. The number of hydrogen-bond acceptors (Lipinski definition) is 6. The van der Waals surface area contributed by atoms with Crippen molar-refractivity contribution in [2.75, 3.05) is 17.2 Å². The lowest BCUT2D eigenvalue weighted by Crippen LogP contribution is -2.20. The summed E-state index contributed by atoms with van der Waals surface area (Å²) in [4.78, 5) is 13.8. The molecule has 2 aromatic heterocycles. The summed E-state index contributed by atoms with van der Waals surface area (Å²) in [7, 11) is 0. The number of aryl methyl sites for hydroxylation is 1. The molecule has 32 heavy (non-hydrogen) atoms. The minimum atomic E-state index is 0.409. The Bertz CT molecular complexity index is 991. The number of allylic oxidation sites excluding steroid dienone is 2. The number of fused-ring (bicyclic) bond motifs is 1. The maximum absolute atomic E-state index is 6.70. The van der Waals surface area contributed by atoms with Gasteiger partial charge in [-0.25, -0.2) is 4.98 Å². The van der Waals surface area contributed by atoms with E-state index in [9.17, 15) is 0 Å². The molecule has 2 aromatic rings. The number of rotatable bonds is 8. The Morgan fingerprint density at radius 1 is 1.25 bits per heavy atom. The predicted octanol–water partition coefficient (Wildman–Crippen LogP) is 5.82. The van der Waals surface area contributed by atoms with Gasteiger partial charge in [-0.2, -0.15) is 4.98 Å². The standard InChI is InChI=1S/C25H34ClN5O/c1-5-18-11-17-7-9-20(32-22(17)14-27-18)12-21-23(26)30-25(28-13-15(2)3)31-24(21)29-19-8-6-16(4)10-19/h9,11,14-16,19H,5-8,10,12-13H2,1-4H3,(H2,28,29,30,31)/t16?,19-/m0/s1. The van der Waals surface area contributed by atoms with Crippen LogP contribution in [0.25, 0.3) is 0 Å². The van der Waals surface area contributed by atoms with Gasteiger partial charge in [-0.15, -0.1) is 0 Å². The lowest BCUT2D eigenvalue weighted by molar-refractivity contribution is 0.395. The lowest BCUT2D eigenvalue weighted by Gasteiger charge is -2.22. The van der Waals surface area contributed by atoms with Crippen molar-refractivity contribution in [2.45, 2.75) is 72.3 Å². The molecule has 0 aromatic carbocycles. The Kier molecular flexibility index (Phi) is 7.19. The van der Waals surface area contributed by atoms with Crippen LogP contribution in [0, 0.1) is 11.8 Å². The van der Waals surface area contributed by atoms with Gasteiger partial charge in [0.25, 0.3) is 0 Å². The van der Waals surface area contributed by atoms with Crippen LogP contribution in [0.2, 0.25) is 5.15 Å². The van der Waals surface area contributed by atoms with Gasteiger partial charge in [0.15, 0.2) is 0 Å². The van der Waals surface area contributed by atoms with Crippen molar-refractivity contribution >= 4 is 23.4 Å². The van der Waals surface area contributed by atoms with E-state index in [2.05, 4.69) is 60.4 Å². The molecule has 2 N–H and O–H groups in total. The highest BCUT2D eigenvalue weighted by Crippen LogP contribution is 2.33. The molecule has 1 saturated carbocycles. The smallest absolute Gasteiger partial charge is 0.226 e. The highest BCUT2D eigenvalue weighted by atomic mass is 35.5. The molecule has 1 aliphatic heterocycles. The molecule has 2 aliphatic rings. The molecule has 0 spiro atoms. The van der Waals surface area contributed by atoms with Crippen molar-refractivity contribution < 1.29 is 4.74 Å². The van der Waals surface area contributed by atoms with Crippen LogP contribution in [0.15, 0.2) is 24.1 Å².